The molecule has 0 aliphatic carbocycles. The van der Waals surface area contributed by atoms with E-state index in [4.69, 9.17) is 14.2 Å². The van der Waals surface area contributed by atoms with Crippen LogP contribution in [0.3, 0.4) is 0 Å². The molecule has 0 aliphatic heterocycles. The minimum absolute atomic E-state index is 0.643. The van der Waals surface area contributed by atoms with Gasteiger partial charge in [0.05, 0.1) is 0 Å². The van der Waals surface area contributed by atoms with Gasteiger partial charge < -0.3 is 24.3 Å². The van der Waals surface area contributed by atoms with Gasteiger partial charge in [0.25, 0.3) is 0 Å². The molecule has 0 heterocycles. The first-order valence-corrected chi connectivity index (χ1v) is 14.0. The molecule has 7 heteroatoms. The summed E-state index contributed by atoms with van der Waals surface area (Å²) in [6, 6.07) is 48.7. The van der Waals surface area contributed by atoms with Crippen LogP contribution < -0.4 is 36.1 Å². The van der Waals surface area contributed by atoms with Gasteiger partial charge in [-0.3, -0.25) is 0 Å². The molecule has 0 bridgehead atoms. The summed E-state index contributed by atoms with van der Waals surface area (Å²) in [5.41, 5.74) is 3.04. The van der Waals surface area contributed by atoms with Crippen molar-refractivity contribution in [2.24, 2.45) is 0 Å². The zero-order chi connectivity index (χ0) is 29.4. The monoisotopic (exact) mass is 562 g/mol. The number of rotatable bonds is 10. The highest BCUT2D eigenvalue weighted by Crippen LogP contribution is 2.22. The van der Waals surface area contributed by atoms with Gasteiger partial charge in [0.15, 0.2) is 0 Å². The quantitative estimate of drug-likeness (QED) is 0.223. The van der Waals surface area contributed by atoms with Crippen LogP contribution in [0.15, 0.2) is 158 Å². The fourth-order valence-corrected chi connectivity index (χ4v) is 4.64. The molecule has 0 fully saturated rings. The SMILES string of the molecule is OB(c1ccc(Oc2ccccc2)cc1)c1ccc(Oc2ccc(B(O)c3ccc(Oc4ccccc4)cc3)cc2)cc1. The molecule has 6 rings (SSSR count). The standard InChI is InChI=1S/C36H28B2O5/c39-37(27-11-19-33(20-12-27)41-31-7-3-1-4-8-31)29-15-23-35(24-16-29)43-36-25-17-30(18-26-36)38(40)28-13-21-34(22-14-28)42-32-9-5-2-6-10-32/h1-26,39-40H. The third-order valence-electron chi connectivity index (χ3n) is 6.98. The molecule has 5 nitrogen and oxygen atoms in total. The zero-order valence-corrected chi connectivity index (χ0v) is 23.3. The van der Waals surface area contributed by atoms with E-state index < -0.39 is 13.8 Å². The maximum atomic E-state index is 10.9. The highest BCUT2D eigenvalue weighted by Gasteiger charge is 2.19. The summed E-state index contributed by atoms with van der Waals surface area (Å²) in [6.45, 7) is -1.56. The fraction of sp³-hybridized carbons (Fsp3) is 0. The topological polar surface area (TPSA) is 68.2 Å². The molecule has 0 aliphatic rings. The van der Waals surface area contributed by atoms with Crippen molar-refractivity contribution < 1.29 is 24.3 Å². The van der Waals surface area contributed by atoms with E-state index in [-0.39, 0.29) is 0 Å². The van der Waals surface area contributed by atoms with Crippen molar-refractivity contribution in [1.82, 2.24) is 0 Å². The van der Waals surface area contributed by atoms with E-state index >= 15 is 0 Å². The highest BCUT2D eigenvalue weighted by molar-refractivity contribution is 6.79. The van der Waals surface area contributed by atoms with Gasteiger partial charge in [-0.1, -0.05) is 84.9 Å². The Morgan fingerprint density at radius 1 is 0.279 bits per heavy atom. The maximum Gasteiger partial charge on any atom is 0.358 e. The Balaban J connectivity index is 1.04. The fourth-order valence-electron chi connectivity index (χ4n) is 4.64. The number of hydrogen-bond acceptors (Lipinski definition) is 5. The molecule has 0 atom stereocenters. The van der Waals surface area contributed by atoms with Gasteiger partial charge in [-0.25, -0.2) is 0 Å². The Morgan fingerprint density at radius 2 is 0.488 bits per heavy atom. The molecule has 6 aromatic rings. The summed E-state index contributed by atoms with van der Waals surface area (Å²) in [7, 11) is 0. The lowest BCUT2D eigenvalue weighted by atomic mass is 9.56. The predicted octanol–water partition coefficient (Wildman–Crippen LogP) is 5.26. The van der Waals surface area contributed by atoms with Crippen LogP contribution in [0.4, 0.5) is 0 Å². The van der Waals surface area contributed by atoms with E-state index in [0.717, 1.165) is 33.4 Å². The normalized spacial score (nSPS) is 10.6. The van der Waals surface area contributed by atoms with Crippen molar-refractivity contribution in [2.45, 2.75) is 0 Å². The van der Waals surface area contributed by atoms with E-state index in [0.29, 0.717) is 23.0 Å². The Bertz CT molecular complexity index is 1600. The van der Waals surface area contributed by atoms with E-state index in [1.807, 2.05) is 158 Å². The average Bonchev–Trinajstić information content (AvgIpc) is 3.06. The van der Waals surface area contributed by atoms with Crippen LogP contribution in [0.1, 0.15) is 0 Å². The molecular formula is C36H28B2O5. The van der Waals surface area contributed by atoms with Gasteiger partial charge in [0.1, 0.15) is 34.5 Å². The lowest BCUT2D eigenvalue weighted by molar-refractivity contribution is 0.482. The molecule has 0 saturated carbocycles. The average molecular weight is 562 g/mol. The number of hydrogen-bond donors (Lipinski definition) is 2. The second kappa shape index (κ2) is 13.2. The van der Waals surface area contributed by atoms with Gasteiger partial charge in [0, 0.05) is 0 Å². The van der Waals surface area contributed by atoms with Crippen molar-refractivity contribution in [2.75, 3.05) is 0 Å². The largest absolute Gasteiger partial charge is 0.457 e. The summed E-state index contributed by atoms with van der Waals surface area (Å²) >= 11 is 0. The highest BCUT2D eigenvalue weighted by atomic mass is 16.5. The number of ether oxygens (including phenoxy) is 3. The predicted molar refractivity (Wildman–Crippen MR) is 173 cm³/mol. The van der Waals surface area contributed by atoms with Gasteiger partial charge in [-0.2, -0.15) is 0 Å². The van der Waals surface area contributed by atoms with Crippen LogP contribution >= 0.6 is 0 Å². The second-order valence-electron chi connectivity index (χ2n) is 10.0. The van der Waals surface area contributed by atoms with Gasteiger partial charge in [-0.15, -0.1) is 0 Å². The Morgan fingerprint density at radius 3 is 0.721 bits per heavy atom. The maximum absolute atomic E-state index is 10.9. The van der Waals surface area contributed by atoms with Crippen LogP contribution in [-0.2, 0) is 0 Å². The van der Waals surface area contributed by atoms with Crippen molar-refractivity contribution >= 4 is 35.7 Å². The molecule has 208 valence electrons. The van der Waals surface area contributed by atoms with Crippen molar-refractivity contribution in [3.8, 4) is 34.5 Å². The third kappa shape index (κ3) is 7.16. The van der Waals surface area contributed by atoms with Gasteiger partial charge in [0.2, 0.25) is 0 Å². The number of para-hydroxylation sites is 2. The van der Waals surface area contributed by atoms with Crippen molar-refractivity contribution in [3.63, 3.8) is 0 Å². The van der Waals surface area contributed by atoms with E-state index in [1.54, 1.807) is 0 Å². The lowest BCUT2D eigenvalue weighted by Crippen LogP contribution is -2.42. The smallest absolute Gasteiger partial charge is 0.358 e. The van der Waals surface area contributed by atoms with E-state index in [1.165, 1.54) is 0 Å². The zero-order valence-electron chi connectivity index (χ0n) is 23.3. The summed E-state index contributed by atoms with van der Waals surface area (Å²) in [5.74, 6) is 4.22. The van der Waals surface area contributed by atoms with Crippen molar-refractivity contribution in [3.05, 3.63) is 158 Å². The molecule has 0 radical (unpaired) electrons. The third-order valence-corrected chi connectivity index (χ3v) is 6.98. The minimum Gasteiger partial charge on any atom is -0.457 e. The van der Waals surface area contributed by atoms with E-state index in [9.17, 15) is 10.0 Å². The Hall–Kier alpha value is -5.23. The van der Waals surface area contributed by atoms with E-state index in [2.05, 4.69) is 0 Å². The first-order chi connectivity index (χ1) is 21.1. The molecule has 6 aromatic carbocycles. The summed E-state index contributed by atoms with van der Waals surface area (Å²) in [5, 5.41) is 21.8. The molecule has 0 amide bonds. The van der Waals surface area contributed by atoms with Crippen LogP contribution in [0, 0.1) is 0 Å². The minimum atomic E-state index is -0.778. The summed E-state index contributed by atoms with van der Waals surface area (Å²) in [4.78, 5) is 0. The summed E-state index contributed by atoms with van der Waals surface area (Å²) < 4.78 is 17.7. The first-order valence-electron chi connectivity index (χ1n) is 14.0. The van der Waals surface area contributed by atoms with Crippen molar-refractivity contribution in [1.29, 1.82) is 0 Å². The summed E-state index contributed by atoms with van der Waals surface area (Å²) in [6.07, 6.45) is 0. The molecule has 0 saturated heterocycles. The molecule has 2 N–H and O–H groups in total. The van der Waals surface area contributed by atoms with Gasteiger partial charge in [-0.05, 0) is 94.6 Å². The first kappa shape index (κ1) is 27.9. The van der Waals surface area contributed by atoms with Crippen LogP contribution in [0.2, 0.25) is 0 Å². The Labute approximate surface area is 251 Å². The molecule has 43 heavy (non-hydrogen) atoms. The van der Waals surface area contributed by atoms with Crippen LogP contribution in [0.25, 0.3) is 0 Å². The number of benzene rings is 6. The van der Waals surface area contributed by atoms with Crippen LogP contribution in [-0.4, -0.2) is 23.9 Å². The lowest BCUT2D eigenvalue weighted by Gasteiger charge is -2.12. The van der Waals surface area contributed by atoms with Gasteiger partial charge >= 0.3 is 13.8 Å². The molecule has 0 aromatic heterocycles. The second-order valence-corrected chi connectivity index (χ2v) is 10.0. The molecular weight excluding hydrogens is 534 g/mol. The molecule has 0 unspecified atom stereocenters. The Kier molecular flexibility index (Phi) is 8.55. The van der Waals surface area contributed by atoms with Crippen LogP contribution in [0.5, 0.6) is 34.5 Å². The molecule has 0 spiro atoms.